The van der Waals surface area contributed by atoms with Crippen LogP contribution < -0.4 is 10.1 Å². The Morgan fingerprint density at radius 2 is 1.68 bits per heavy atom. The Balaban J connectivity index is 1.98. The normalized spacial score (nSPS) is 17.1. The summed E-state index contributed by atoms with van der Waals surface area (Å²) in [4.78, 5) is 2.61. The SMILES string of the molecule is CCOc1ccc(C(c2cc(C)cc(C)c2)N2CCCNCC2)cc1. The van der Waals surface area contributed by atoms with Crippen LogP contribution in [0.25, 0.3) is 0 Å². The van der Waals surface area contributed by atoms with Gasteiger partial charge in [-0.2, -0.15) is 0 Å². The highest BCUT2D eigenvalue weighted by Gasteiger charge is 2.23. The maximum atomic E-state index is 5.63. The fraction of sp³-hybridized carbons (Fsp3) is 0.455. The molecule has 0 aromatic heterocycles. The Kier molecular flexibility index (Phi) is 6.11. The fourth-order valence-electron chi connectivity index (χ4n) is 3.82. The van der Waals surface area contributed by atoms with E-state index >= 15 is 0 Å². The highest BCUT2D eigenvalue weighted by molar-refractivity contribution is 5.39. The summed E-state index contributed by atoms with van der Waals surface area (Å²) < 4.78 is 5.63. The standard InChI is InChI=1S/C22H30N2O/c1-4-25-21-8-6-19(7-9-21)22(24-12-5-10-23-11-13-24)20-15-17(2)14-18(3)16-20/h6-9,14-16,22-23H,4-5,10-13H2,1-3H3. The Morgan fingerprint density at radius 3 is 2.36 bits per heavy atom. The van der Waals surface area contributed by atoms with Crippen LogP contribution in [0.3, 0.4) is 0 Å². The van der Waals surface area contributed by atoms with Crippen LogP contribution in [0.5, 0.6) is 5.75 Å². The van der Waals surface area contributed by atoms with Crippen molar-refractivity contribution in [3.8, 4) is 5.75 Å². The van der Waals surface area contributed by atoms with Crippen molar-refractivity contribution in [3.05, 3.63) is 64.7 Å². The summed E-state index contributed by atoms with van der Waals surface area (Å²) in [5, 5.41) is 3.52. The summed E-state index contributed by atoms with van der Waals surface area (Å²) in [6.07, 6.45) is 1.19. The first-order valence-corrected chi connectivity index (χ1v) is 9.43. The molecule has 3 nitrogen and oxygen atoms in total. The molecule has 1 atom stereocenters. The minimum atomic E-state index is 0.300. The first-order chi connectivity index (χ1) is 12.2. The monoisotopic (exact) mass is 338 g/mol. The molecule has 0 saturated carbocycles. The fourth-order valence-corrected chi connectivity index (χ4v) is 3.82. The van der Waals surface area contributed by atoms with Crippen molar-refractivity contribution in [2.45, 2.75) is 33.2 Å². The predicted molar refractivity (Wildman–Crippen MR) is 104 cm³/mol. The Morgan fingerprint density at radius 1 is 0.960 bits per heavy atom. The maximum Gasteiger partial charge on any atom is 0.119 e. The molecule has 1 N–H and O–H groups in total. The molecule has 0 radical (unpaired) electrons. The second kappa shape index (κ2) is 8.50. The highest BCUT2D eigenvalue weighted by Crippen LogP contribution is 2.31. The Labute approximate surface area is 152 Å². The van der Waals surface area contributed by atoms with Gasteiger partial charge in [-0.1, -0.05) is 41.5 Å². The van der Waals surface area contributed by atoms with Gasteiger partial charge in [0.2, 0.25) is 0 Å². The predicted octanol–water partition coefficient (Wildman–Crippen LogP) is 4.09. The Bertz CT molecular complexity index is 653. The minimum absolute atomic E-state index is 0.300. The van der Waals surface area contributed by atoms with Crippen molar-refractivity contribution in [2.24, 2.45) is 0 Å². The zero-order valence-corrected chi connectivity index (χ0v) is 15.7. The molecule has 3 heteroatoms. The van der Waals surface area contributed by atoms with Crippen LogP contribution in [0, 0.1) is 13.8 Å². The number of rotatable bonds is 5. The molecule has 3 rings (SSSR count). The second-order valence-electron chi connectivity index (χ2n) is 6.97. The zero-order chi connectivity index (χ0) is 17.6. The average Bonchev–Trinajstić information content (AvgIpc) is 2.85. The van der Waals surface area contributed by atoms with Crippen molar-refractivity contribution in [3.63, 3.8) is 0 Å². The third-order valence-electron chi connectivity index (χ3n) is 4.81. The average molecular weight is 338 g/mol. The maximum absolute atomic E-state index is 5.63. The smallest absolute Gasteiger partial charge is 0.119 e. The number of nitrogens with zero attached hydrogens (tertiary/aromatic N) is 1. The zero-order valence-electron chi connectivity index (χ0n) is 15.7. The van der Waals surface area contributed by atoms with Gasteiger partial charge in [0.05, 0.1) is 12.6 Å². The number of ether oxygens (including phenoxy) is 1. The lowest BCUT2D eigenvalue weighted by molar-refractivity contribution is 0.241. The lowest BCUT2D eigenvalue weighted by atomic mass is 9.94. The van der Waals surface area contributed by atoms with Crippen LogP contribution >= 0.6 is 0 Å². The largest absolute Gasteiger partial charge is 0.494 e. The third kappa shape index (κ3) is 4.62. The van der Waals surface area contributed by atoms with Gasteiger partial charge in [0.25, 0.3) is 0 Å². The van der Waals surface area contributed by atoms with Crippen LogP contribution in [0.2, 0.25) is 0 Å². The quantitative estimate of drug-likeness (QED) is 0.889. The molecule has 2 aromatic rings. The van der Waals surface area contributed by atoms with Gasteiger partial charge in [-0.05, 0) is 57.0 Å². The summed E-state index contributed by atoms with van der Waals surface area (Å²) >= 11 is 0. The molecule has 25 heavy (non-hydrogen) atoms. The van der Waals surface area contributed by atoms with Gasteiger partial charge in [0.1, 0.15) is 5.75 Å². The summed E-state index contributed by atoms with van der Waals surface area (Å²) in [6.45, 7) is 11.5. The van der Waals surface area contributed by atoms with E-state index < -0.39 is 0 Å². The topological polar surface area (TPSA) is 24.5 Å². The molecule has 0 aliphatic carbocycles. The first-order valence-electron chi connectivity index (χ1n) is 9.43. The van der Waals surface area contributed by atoms with Gasteiger partial charge >= 0.3 is 0 Å². The lowest BCUT2D eigenvalue weighted by Crippen LogP contribution is -2.33. The summed E-state index contributed by atoms with van der Waals surface area (Å²) in [5.41, 5.74) is 5.40. The van der Waals surface area contributed by atoms with E-state index in [0.29, 0.717) is 12.6 Å². The molecule has 1 saturated heterocycles. The third-order valence-corrected chi connectivity index (χ3v) is 4.81. The molecule has 2 aromatic carbocycles. The number of aryl methyl sites for hydroxylation is 2. The number of nitrogens with one attached hydrogen (secondary N) is 1. The number of benzene rings is 2. The van der Waals surface area contributed by atoms with E-state index in [9.17, 15) is 0 Å². The van der Waals surface area contributed by atoms with Crippen LogP contribution in [0.1, 0.15) is 41.6 Å². The molecule has 1 fully saturated rings. The molecule has 0 amide bonds. The van der Waals surface area contributed by atoms with E-state index in [0.717, 1.165) is 31.9 Å². The van der Waals surface area contributed by atoms with E-state index in [1.54, 1.807) is 0 Å². The van der Waals surface area contributed by atoms with Crippen LogP contribution in [0.15, 0.2) is 42.5 Å². The lowest BCUT2D eigenvalue weighted by Gasteiger charge is -2.32. The van der Waals surface area contributed by atoms with Gasteiger partial charge in [-0.15, -0.1) is 0 Å². The van der Waals surface area contributed by atoms with Crippen molar-refractivity contribution in [2.75, 3.05) is 32.8 Å². The van der Waals surface area contributed by atoms with E-state index in [2.05, 4.69) is 66.5 Å². The summed E-state index contributed by atoms with van der Waals surface area (Å²) in [7, 11) is 0. The number of hydrogen-bond acceptors (Lipinski definition) is 3. The molecule has 1 aliphatic heterocycles. The molecule has 1 heterocycles. The van der Waals surface area contributed by atoms with Gasteiger partial charge in [0, 0.05) is 19.6 Å². The van der Waals surface area contributed by atoms with Crippen LogP contribution in [-0.4, -0.2) is 37.7 Å². The van der Waals surface area contributed by atoms with E-state index in [1.807, 2.05) is 6.92 Å². The highest BCUT2D eigenvalue weighted by atomic mass is 16.5. The second-order valence-corrected chi connectivity index (χ2v) is 6.97. The van der Waals surface area contributed by atoms with E-state index in [-0.39, 0.29) is 0 Å². The molecular weight excluding hydrogens is 308 g/mol. The van der Waals surface area contributed by atoms with Crippen LogP contribution in [0.4, 0.5) is 0 Å². The van der Waals surface area contributed by atoms with Gasteiger partial charge in [-0.3, -0.25) is 4.90 Å². The van der Waals surface area contributed by atoms with Gasteiger partial charge < -0.3 is 10.1 Å². The van der Waals surface area contributed by atoms with Crippen molar-refractivity contribution < 1.29 is 4.74 Å². The summed E-state index contributed by atoms with van der Waals surface area (Å²) in [5.74, 6) is 0.947. The molecule has 1 aliphatic rings. The molecular formula is C22H30N2O. The molecule has 0 spiro atoms. The molecule has 1 unspecified atom stereocenters. The van der Waals surface area contributed by atoms with E-state index in [1.165, 1.54) is 28.7 Å². The van der Waals surface area contributed by atoms with Gasteiger partial charge in [0.15, 0.2) is 0 Å². The minimum Gasteiger partial charge on any atom is -0.494 e. The molecule has 134 valence electrons. The van der Waals surface area contributed by atoms with Crippen molar-refractivity contribution in [1.29, 1.82) is 0 Å². The first kappa shape index (κ1) is 18.0. The van der Waals surface area contributed by atoms with Crippen molar-refractivity contribution >= 4 is 0 Å². The van der Waals surface area contributed by atoms with Gasteiger partial charge in [-0.25, -0.2) is 0 Å². The molecule has 0 bridgehead atoms. The van der Waals surface area contributed by atoms with E-state index in [4.69, 9.17) is 4.74 Å². The van der Waals surface area contributed by atoms with Crippen LogP contribution in [-0.2, 0) is 0 Å². The van der Waals surface area contributed by atoms with Crippen molar-refractivity contribution in [1.82, 2.24) is 10.2 Å². The number of hydrogen-bond donors (Lipinski definition) is 1. The summed E-state index contributed by atoms with van der Waals surface area (Å²) in [6, 6.07) is 15.9. The Hall–Kier alpha value is -1.84.